The second-order valence-corrected chi connectivity index (χ2v) is 4.98. The first-order chi connectivity index (χ1) is 8.75. The lowest BCUT2D eigenvalue weighted by atomic mass is 10.1. The minimum absolute atomic E-state index is 0.706. The van der Waals surface area contributed by atoms with Crippen LogP contribution in [0.1, 0.15) is 12.0 Å². The van der Waals surface area contributed by atoms with Gasteiger partial charge in [-0.2, -0.15) is 0 Å². The normalized spacial score (nSPS) is 10.3. The van der Waals surface area contributed by atoms with E-state index < -0.39 is 0 Å². The average Bonchev–Trinajstić information content (AvgIpc) is 2.37. The van der Waals surface area contributed by atoms with E-state index in [1.807, 2.05) is 42.5 Å². The van der Waals surface area contributed by atoms with E-state index in [4.69, 9.17) is 10.5 Å². The molecule has 0 bridgehead atoms. The zero-order valence-electron chi connectivity index (χ0n) is 10.1. The van der Waals surface area contributed by atoms with E-state index in [1.165, 1.54) is 5.56 Å². The second kappa shape index (κ2) is 6.45. The van der Waals surface area contributed by atoms with E-state index in [2.05, 4.69) is 22.0 Å². The summed E-state index contributed by atoms with van der Waals surface area (Å²) in [6.07, 6.45) is 1.96. The van der Waals surface area contributed by atoms with Gasteiger partial charge < -0.3 is 10.5 Å². The molecule has 2 aromatic rings. The summed E-state index contributed by atoms with van der Waals surface area (Å²) in [6, 6.07) is 15.9. The number of hydrogen-bond acceptors (Lipinski definition) is 2. The molecule has 0 amide bonds. The Labute approximate surface area is 116 Å². The van der Waals surface area contributed by atoms with Crippen molar-refractivity contribution in [2.24, 2.45) is 0 Å². The summed E-state index contributed by atoms with van der Waals surface area (Å²) in [7, 11) is 0. The van der Waals surface area contributed by atoms with Crippen molar-refractivity contribution < 1.29 is 4.74 Å². The van der Waals surface area contributed by atoms with Gasteiger partial charge in [0.05, 0.1) is 11.1 Å². The molecule has 0 fully saturated rings. The van der Waals surface area contributed by atoms with Crippen LogP contribution in [0.4, 0.5) is 5.69 Å². The third-order valence-corrected chi connectivity index (χ3v) is 3.31. The number of anilines is 1. The maximum atomic E-state index is 5.74. The summed E-state index contributed by atoms with van der Waals surface area (Å²) in [5, 5.41) is 0. The van der Waals surface area contributed by atoms with Crippen LogP contribution < -0.4 is 10.5 Å². The molecule has 0 atom stereocenters. The largest absolute Gasteiger partial charge is 0.492 e. The summed E-state index contributed by atoms with van der Waals surface area (Å²) >= 11 is 3.46. The first-order valence-electron chi connectivity index (χ1n) is 5.97. The molecular formula is C15H16BrNO. The fraction of sp³-hybridized carbons (Fsp3) is 0.200. The molecule has 0 aromatic heterocycles. The van der Waals surface area contributed by atoms with E-state index >= 15 is 0 Å². The molecule has 0 spiro atoms. The molecule has 2 N–H and O–H groups in total. The lowest BCUT2D eigenvalue weighted by molar-refractivity contribution is 0.309. The summed E-state index contributed by atoms with van der Waals surface area (Å²) in [5.41, 5.74) is 7.81. The molecule has 0 aliphatic carbocycles. The molecule has 0 unspecified atom stereocenters. The zero-order chi connectivity index (χ0) is 12.8. The van der Waals surface area contributed by atoms with Gasteiger partial charge in [0.15, 0.2) is 0 Å². The molecule has 94 valence electrons. The molecule has 2 nitrogen and oxygen atoms in total. The van der Waals surface area contributed by atoms with Crippen LogP contribution in [-0.2, 0) is 6.42 Å². The molecule has 0 heterocycles. The quantitative estimate of drug-likeness (QED) is 0.668. The van der Waals surface area contributed by atoms with Crippen molar-refractivity contribution in [3.05, 3.63) is 58.6 Å². The van der Waals surface area contributed by atoms with Crippen molar-refractivity contribution in [1.82, 2.24) is 0 Å². The van der Waals surface area contributed by atoms with Gasteiger partial charge in [0.25, 0.3) is 0 Å². The van der Waals surface area contributed by atoms with Gasteiger partial charge in [-0.05, 0) is 58.6 Å². The van der Waals surface area contributed by atoms with Crippen molar-refractivity contribution in [3.63, 3.8) is 0 Å². The average molecular weight is 306 g/mol. The van der Waals surface area contributed by atoms with Crippen LogP contribution in [0.15, 0.2) is 53.0 Å². The van der Waals surface area contributed by atoms with E-state index in [9.17, 15) is 0 Å². The van der Waals surface area contributed by atoms with Gasteiger partial charge >= 0.3 is 0 Å². The first-order valence-corrected chi connectivity index (χ1v) is 6.77. The Morgan fingerprint density at radius 2 is 1.89 bits per heavy atom. The fourth-order valence-corrected chi connectivity index (χ4v) is 2.17. The van der Waals surface area contributed by atoms with Gasteiger partial charge in [-0.1, -0.05) is 24.3 Å². The number of benzene rings is 2. The van der Waals surface area contributed by atoms with E-state index in [0.29, 0.717) is 6.61 Å². The highest BCUT2D eigenvalue weighted by Gasteiger charge is 1.99. The molecular weight excluding hydrogens is 290 g/mol. The number of nitrogen functional groups attached to an aromatic ring is 1. The van der Waals surface area contributed by atoms with Crippen molar-refractivity contribution >= 4 is 21.6 Å². The predicted molar refractivity (Wildman–Crippen MR) is 78.8 cm³/mol. The topological polar surface area (TPSA) is 35.2 Å². The Hall–Kier alpha value is -1.48. The summed E-state index contributed by atoms with van der Waals surface area (Å²) < 4.78 is 6.71. The van der Waals surface area contributed by atoms with Crippen LogP contribution in [-0.4, -0.2) is 6.61 Å². The number of rotatable bonds is 5. The molecule has 2 rings (SSSR count). The van der Waals surface area contributed by atoms with Crippen molar-refractivity contribution in [1.29, 1.82) is 0 Å². The number of hydrogen-bond donors (Lipinski definition) is 1. The van der Waals surface area contributed by atoms with Crippen LogP contribution in [0.25, 0.3) is 0 Å². The number of para-hydroxylation sites is 1. The Morgan fingerprint density at radius 3 is 2.67 bits per heavy atom. The van der Waals surface area contributed by atoms with Crippen LogP contribution in [0.3, 0.4) is 0 Å². The van der Waals surface area contributed by atoms with Crippen LogP contribution in [0, 0.1) is 0 Å². The fourth-order valence-electron chi connectivity index (χ4n) is 1.77. The number of nitrogens with two attached hydrogens (primary N) is 1. The third-order valence-electron chi connectivity index (χ3n) is 2.66. The van der Waals surface area contributed by atoms with Gasteiger partial charge in [-0.3, -0.25) is 0 Å². The SMILES string of the molecule is Nc1cccc(CCCOc2ccccc2Br)c1. The summed E-state index contributed by atoms with van der Waals surface area (Å²) in [5.74, 6) is 0.894. The Bertz CT molecular complexity index is 513. The van der Waals surface area contributed by atoms with Crippen LogP contribution >= 0.6 is 15.9 Å². The van der Waals surface area contributed by atoms with E-state index in [0.717, 1.165) is 28.8 Å². The van der Waals surface area contributed by atoms with Crippen LogP contribution in [0.2, 0.25) is 0 Å². The lowest BCUT2D eigenvalue weighted by Crippen LogP contribution is -2.00. The monoisotopic (exact) mass is 305 g/mol. The molecule has 3 heteroatoms. The summed E-state index contributed by atoms with van der Waals surface area (Å²) in [4.78, 5) is 0. The number of ether oxygens (including phenoxy) is 1. The molecule has 0 saturated carbocycles. The Kier molecular flexibility index (Phi) is 4.65. The van der Waals surface area contributed by atoms with Crippen molar-refractivity contribution in [2.75, 3.05) is 12.3 Å². The predicted octanol–water partition coefficient (Wildman–Crippen LogP) is 4.04. The van der Waals surface area contributed by atoms with Crippen LogP contribution in [0.5, 0.6) is 5.75 Å². The molecule has 0 saturated heterocycles. The molecule has 0 radical (unpaired) electrons. The lowest BCUT2D eigenvalue weighted by Gasteiger charge is -2.08. The van der Waals surface area contributed by atoms with Gasteiger partial charge in [0, 0.05) is 5.69 Å². The van der Waals surface area contributed by atoms with Gasteiger partial charge in [-0.15, -0.1) is 0 Å². The van der Waals surface area contributed by atoms with E-state index in [-0.39, 0.29) is 0 Å². The molecule has 0 aliphatic rings. The highest BCUT2D eigenvalue weighted by molar-refractivity contribution is 9.10. The minimum Gasteiger partial charge on any atom is -0.492 e. The smallest absolute Gasteiger partial charge is 0.133 e. The molecule has 2 aromatic carbocycles. The number of aryl methyl sites for hydroxylation is 1. The highest BCUT2D eigenvalue weighted by atomic mass is 79.9. The minimum atomic E-state index is 0.706. The second-order valence-electron chi connectivity index (χ2n) is 4.13. The zero-order valence-corrected chi connectivity index (χ0v) is 11.7. The standard InChI is InChI=1S/C15H16BrNO/c16-14-8-1-2-9-15(14)18-10-4-6-12-5-3-7-13(17)11-12/h1-3,5,7-9,11H,4,6,10,17H2. The Balaban J connectivity index is 1.78. The van der Waals surface area contributed by atoms with E-state index in [1.54, 1.807) is 0 Å². The van der Waals surface area contributed by atoms with Crippen molar-refractivity contribution in [2.45, 2.75) is 12.8 Å². The molecule has 18 heavy (non-hydrogen) atoms. The maximum absolute atomic E-state index is 5.74. The first kappa shape index (κ1) is 13.0. The maximum Gasteiger partial charge on any atom is 0.133 e. The van der Waals surface area contributed by atoms with Gasteiger partial charge in [-0.25, -0.2) is 0 Å². The van der Waals surface area contributed by atoms with Gasteiger partial charge in [0.2, 0.25) is 0 Å². The third kappa shape index (κ3) is 3.77. The summed E-state index contributed by atoms with van der Waals surface area (Å²) in [6.45, 7) is 0.706. The molecule has 0 aliphatic heterocycles. The number of halogens is 1. The highest BCUT2D eigenvalue weighted by Crippen LogP contribution is 2.23. The van der Waals surface area contributed by atoms with Gasteiger partial charge in [0.1, 0.15) is 5.75 Å². The Morgan fingerprint density at radius 1 is 1.06 bits per heavy atom. The van der Waals surface area contributed by atoms with Crippen molar-refractivity contribution in [3.8, 4) is 5.75 Å².